The Balaban J connectivity index is 2.64. The van der Waals surface area contributed by atoms with Crippen LogP contribution in [0.4, 0.5) is 5.69 Å². The smallest absolute Gasteiger partial charge is 0.0568 e. The minimum absolute atomic E-state index is 0.697. The van der Waals surface area contributed by atoms with Crippen LogP contribution >= 0.6 is 39.1 Å². The van der Waals surface area contributed by atoms with Crippen LogP contribution < -0.4 is 5.32 Å². The predicted octanol–water partition coefficient (Wildman–Crippen LogP) is 4.66. The van der Waals surface area contributed by atoms with Crippen molar-refractivity contribution < 1.29 is 0 Å². The third kappa shape index (κ3) is 3.52. The molecule has 0 spiro atoms. The fraction of sp³-hybridized carbons (Fsp3) is 0.200. The summed E-state index contributed by atoms with van der Waals surface area (Å²) in [7, 11) is 0. The molecule has 0 aliphatic rings. The molecule has 1 nitrogen and oxygen atoms in total. The van der Waals surface area contributed by atoms with E-state index in [-0.39, 0.29) is 0 Å². The van der Waals surface area contributed by atoms with E-state index in [1.807, 2.05) is 25.1 Å². The monoisotopic (exact) mass is 293 g/mol. The second kappa shape index (κ2) is 5.64. The Morgan fingerprint density at radius 3 is 2.86 bits per heavy atom. The van der Waals surface area contributed by atoms with Crippen molar-refractivity contribution in [2.45, 2.75) is 6.92 Å². The number of hydrogen-bond acceptors (Lipinski definition) is 1. The van der Waals surface area contributed by atoms with Gasteiger partial charge in [-0.3, -0.25) is 0 Å². The van der Waals surface area contributed by atoms with Crippen molar-refractivity contribution in [1.82, 2.24) is 0 Å². The molecule has 0 aliphatic carbocycles. The first-order valence-corrected chi connectivity index (χ1v) is 5.69. The Morgan fingerprint density at radius 2 is 2.29 bits per heavy atom. The third-order valence-electron chi connectivity index (χ3n) is 1.68. The van der Waals surface area contributed by atoms with Crippen LogP contribution in [0.15, 0.2) is 33.8 Å². The molecule has 76 valence electrons. The van der Waals surface area contributed by atoms with E-state index in [2.05, 4.69) is 21.2 Å². The van der Waals surface area contributed by atoms with Gasteiger partial charge in [0.05, 0.1) is 5.02 Å². The van der Waals surface area contributed by atoms with E-state index in [1.165, 1.54) is 0 Å². The molecule has 1 aromatic rings. The summed E-state index contributed by atoms with van der Waals surface area (Å²) in [6.45, 7) is 2.68. The SMILES string of the molecule is C/C(=C/Cl)CNc1ccc(Br)c(Cl)c1. The normalized spacial score (nSPS) is 11.6. The second-order valence-corrected chi connectivity index (χ2v) is 4.42. The summed E-state index contributed by atoms with van der Waals surface area (Å²) in [4.78, 5) is 0. The van der Waals surface area contributed by atoms with Crippen molar-refractivity contribution in [1.29, 1.82) is 0 Å². The van der Waals surface area contributed by atoms with Crippen molar-refractivity contribution in [3.05, 3.63) is 38.8 Å². The first kappa shape index (κ1) is 11.9. The van der Waals surface area contributed by atoms with Crippen LogP contribution in [0.2, 0.25) is 5.02 Å². The molecule has 0 unspecified atom stereocenters. The molecule has 14 heavy (non-hydrogen) atoms. The highest BCUT2D eigenvalue weighted by Gasteiger charge is 1.98. The maximum atomic E-state index is 5.94. The molecule has 0 bridgehead atoms. The fourth-order valence-corrected chi connectivity index (χ4v) is 1.39. The predicted molar refractivity (Wildman–Crippen MR) is 67.3 cm³/mol. The van der Waals surface area contributed by atoms with Gasteiger partial charge in [0.2, 0.25) is 0 Å². The largest absolute Gasteiger partial charge is 0.381 e. The van der Waals surface area contributed by atoms with E-state index >= 15 is 0 Å². The molecule has 0 saturated carbocycles. The number of benzene rings is 1. The molecule has 0 amide bonds. The van der Waals surface area contributed by atoms with Gasteiger partial charge in [-0.15, -0.1) is 0 Å². The molecular formula is C10H10BrCl2N. The lowest BCUT2D eigenvalue weighted by Gasteiger charge is -2.06. The average molecular weight is 295 g/mol. The van der Waals surface area contributed by atoms with Crippen molar-refractivity contribution >= 4 is 44.8 Å². The molecule has 0 heterocycles. The minimum Gasteiger partial charge on any atom is -0.381 e. The highest BCUT2D eigenvalue weighted by molar-refractivity contribution is 9.10. The summed E-state index contributed by atoms with van der Waals surface area (Å²) in [6, 6.07) is 5.73. The Morgan fingerprint density at radius 1 is 1.57 bits per heavy atom. The Hall–Kier alpha value is -0.180. The fourth-order valence-electron chi connectivity index (χ4n) is 0.886. The number of halogens is 3. The first-order valence-electron chi connectivity index (χ1n) is 4.08. The molecular weight excluding hydrogens is 285 g/mol. The van der Waals surface area contributed by atoms with Crippen molar-refractivity contribution in [3.8, 4) is 0 Å². The number of rotatable bonds is 3. The van der Waals surface area contributed by atoms with Crippen molar-refractivity contribution in [2.75, 3.05) is 11.9 Å². The van der Waals surface area contributed by atoms with Gasteiger partial charge in [0.15, 0.2) is 0 Å². The standard InChI is InChI=1S/C10H10BrCl2N/c1-7(5-12)6-14-8-2-3-9(11)10(13)4-8/h2-5,14H,6H2,1H3/b7-5-. The van der Waals surface area contributed by atoms with Gasteiger partial charge >= 0.3 is 0 Å². The highest BCUT2D eigenvalue weighted by Crippen LogP contribution is 2.25. The van der Waals surface area contributed by atoms with Gasteiger partial charge in [-0.25, -0.2) is 0 Å². The zero-order chi connectivity index (χ0) is 10.6. The van der Waals surface area contributed by atoms with Crippen LogP contribution in [0.1, 0.15) is 6.92 Å². The Labute approximate surface area is 102 Å². The lowest BCUT2D eigenvalue weighted by Crippen LogP contribution is -2.01. The topological polar surface area (TPSA) is 12.0 Å². The summed E-state index contributed by atoms with van der Waals surface area (Å²) in [5, 5.41) is 3.90. The zero-order valence-electron chi connectivity index (χ0n) is 7.65. The summed E-state index contributed by atoms with van der Waals surface area (Å²) >= 11 is 14.8. The molecule has 0 aromatic heterocycles. The number of anilines is 1. The lowest BCUT2D eigenvalue weighted by molar-refractivity contribution is 1.21. The van der Waals surface area contributed by atoms with Crippen LogP contribution in [0.5, 0.6) is 0 Å². The molecule has 0 aliphatic heterocycles. The summed E-state index contributed by atoms with van der Waals surface area (Å²) in [6.07, 6.45) is 0. The van der Waals surface area contributed by atoms with Gasteiger partial charge in [0.1, 0.15) is 0 Å². The highest BCUT2D eigenvalue weighted by atomic mass is 79.9. The third-order valence-corrected chi connectivity index (χ3v) is 3.28. The zero-order valence-corrected chi connectivity index (χ0v) is 10.7. The van der Waals surface area contributed by atoms with Gasteiger partial charge in [-0.2, -0.15) is 0 Å². The second-order valence-electron chi connectivity index (χ2n) is 2.94. The van der Waals surface area contributed by atoms with E-state index in [4.69, 9.17) is 23.2 Å². The Kier molecular flexibility index (Phi) is 4.79. The Bertz CT molecular complexity index is 350. The number of nitrogens with one attached hydrogen (secondary N) is 1. The number of hydrogen-bond donors (Lipinski definition) is 1. The van der Waals surface area contributed by atoms with Crippen molar-refractivity contribution in [3.63, 3.8) is 0 Å². The van der Waals surface area contributed by atoms with E-state index < -0.39 is 0 Å². The van der Waals surface area contributed by atoms with Crippen LogP contribution in [0.25, 0.3) is 0 Å². The molecule has 1 N–H and O–H groups in total. The van der Waals surface area contributed by atoms with Gasteiger partial charge < -0.3 is 5.32 Å². The van der Waals surface area contributed by atoms with Gasteiger partial charge in [0, 0.05) is 22.2 Å². The quantitative estimate of drug-likeness (QED) is 0.855. The van der Waals surface area contributed by atoms with Gasteiger partial charge in [0.25, 0.3) is 0 Å². The molecule has 0 radical (unpaired) electrons. The maximum absolute atomic E-state index is 5.94. The minimum atomic E-state index is 0.697. The van der Waals surface area contributed by atoms with Crippen LogP contribution in [0, 0.1) is 0 Å². The van der Waals surface area contributed by atoms with Gasteiger partial charge in [-0.05, 0) is 46.6 Å². The first-order chi connectivity index (χ1) is 6.63. The molecule has 0 atom stereocenters. The van der Waals surface area contributed by atoms with Crippen LogP contribution in [-0.2, 0) is 0 Å². The molecule has 0 fully saturated rings. The maximum Gasteiger partial charge on any atom is 0.0568 e. The molecule has 0 saturated heterocycles. The lowest BCUT2D eigenvalue weighted by atomic mass is 10.3. The summed E-state index contributed by atoms with van der Waals surface area (Å²) < 4.78 is 0.898. The summed E-state index contributed by atoms with van der Waals surface area (Å²) in [5.74, 6) is 0. The van der Waals surface area contributed by atoms with Gasteiger partial charge in [-0.1, -0.05) is 23.2 Å². The van der Waals surface area contributed by atoms with E-state index in [0.717, 1.165) is 22.3 Å². The molecule has 1 rings (SSSR count). The van der Waals surface area contributed by atoms with Crippen LogP contribution in [-0.4, -0.2) is 6.54 Å². The van der Waals surface area contributed by atoms with E-state index in [1.54, 1.807) is 5.54 Å². The van der Waals surface area contributed by atoms with Crippen LogP contribution in [0.3, 0.4) is 0 Å². The van der Waals surface area contributed by atoms with E-state index in [0.29, 0.717) is 5.02 Å². The molecule has 4 heteroatoms. The summed E-state index contributed by atoms with van der Waals surface area (Å²) in [5.41, 5.74) is 3.62. The average Bonchev–Trinajstić information content (AvgIpc) is 2.19. The van der Waals surface area contributed by atoms with E-state index in [9.17, 15) is 0 Å². The molecule has 1 aromatic carbocycles. The van der Waals surface area contributed by atoms with Crippen molar-refractivity contribution in [2.24, 2.45) is 0 Å².